The summed E-state index contributed by atoms with van der Waals surface area (Å²) in [6, 6.07) is 5.87. The van der Waals surface area contributed by atoms with Crippen molar-refractivity contribution in [2.45, 2.75) is 12.7 Å². The Hall–Kier alpha value is -1.61. The largest absolute Gasteiger partial charge is 0.471 e. The number of alkyl halides is 3. The third-order valence-corrected chi connectivity index (χ3v) is 3.37. The summed E-state index contributed by atoms with van der Waals surface area (Å²) < 4.78 is 58.2. The third-order valence-electron chi connectivity index (χ3n) is 2.42. The molecule has 1 rings (SSSR count). The average molecular weight is 324 g/mol. The van der Waals surface area contributed by atoms with Gasteiger partial charge in [0, 0.05) is 25.0 Å². The first-order valence-electron chi connectivity index (χ1n) is 5.93. The number of rotatable bonds is 6. The second-order valence-electron chi connectivity index (χ2n) is 4.46. The number of anilines is 1. The molecule has 0 unspecified atom stereocenters. The summed E-state index contributed by atoms with van der Waals surface area (Å²) in [4.78, 5) is 10.8. The van der Waals surface area contributed by atoms with E-state index in [9.17, 15) is 26.4 Å². The minimum atomic E-state index is -4.94. The molecule has 2 N–H and O–H groups in total. The quantitative estimate of drug-likeness (QED) is 0.774. The van der Waals surface area contributed by atoms with Crippen molar-refractivity contribution in [1.29, 1.82) is 0 Å². The molecule has 0 aliphatic rings. The molecule has 0 saturated heterocycles. The fourth-order valence-corrected chi connectivity index (χ4v) is 1.97. The van der Waals surface area contributed by atoms with Crippen LogP contribution in [0.4, 0.5) is 18.9 Å². The highest BCUT2D eigenvalue weighted by molar-refractivity contribution is 7.90. The standard InChI is InChI=1S/C12H15F3N2O3S/c1-21(19,20)6-5-16-8-9-3-2-4-10(7-9)17-11(18)12(13,14)15/h2-4,7,16H,5-6,8H2,1H3,(H,17,18). The van der Waals surface area contributed by atoms with Crippen molar-refractivity contribution in [3.05, 3.63) is 29.8 Å². The zero-order chi connectivity index (χ0) is 16.1. The van der Waals surface area contributed by atoms with Crippen molar-refractivity contribution in [2.75, 3.05) is 23.9 Å². The van der Waals surface area contributed by atoms with Crippen LogP contribution in [0.5, 0.6) is 0 Å². The topological polar surface area (TPSA) is 75.3 Å². The molecule has 0 saturated carbocycles. The van der Waals surface area contributed by atoms with Gasteiger partial charge >= 0.3 is 12.1 Å². The monoisotopic (exact) mass is 324 g/mol. The van der Waals surface area contributed by atoms with Crippen LogP contribution in [0.3, 0.4) is 0 Å². The van der Waals surface area contributed by atoms with Gasteiger partial charge in [-0.3, -0.25) is 4.79 Å². The van der Waals surface area contributed by atoms with Crippen molar-refractivity contribution < 1.29 is 26.4 Å². The first-order valence-corrected chi connectivity index (χ1v) is 7.99. The van der Waals surface area contributed by atoms with Gasteiger partial charge in [-0.15, -0.1) is 0 Å². The molecule has 9 heteroatoms. The van der Waals surface area contributed by atoms with Crippen molar-refractivity contribution in [3.63, 3.8) is 0 Å². The van der Waals surface area contributed by atoms with E-state index in [4.69, 9.17) is 0 Å². The van der Waals surface area contributed by atoms with E-state index in [-0.39, 0.29) is 24.5 Å². The van der Waals surface area contributed by atoms with Gasteiger partial charge in [0.05, 0.1) is 5.75 Å². The molecule has 1 amide bonds. The highest BCUT2D eigenvalue weighted by Gasteiger charge is 2.38. The minimum absolute atomic E-state index is 0.0275. The van der Waals surface area contributed by atoms with E-state index < -0.39 is 21.9 Å². The summed E-state index contributed by atoms with van der Waals surface area (Å²) in [6.07, 6.45) is -3.83. The Morgan fingerprint density at radius 3 is 2.52 bits per heavy atom. The van der Waals surface area contributed by atoms with E-state index in [2.05, 4.69) is 5.32 Å². The molecule has 0 aromatic heterocycles. The lowest BCUT2D eigenvalue weighted by Gasteiger charge is -2.10. The molecule has 0 radical (unpaired) electrons. The number of amides is 1. The molecule has 118 valence electrons. The zero-order valence-electron chi connectivity index (χ0n) is 11.2. The number of halogens is 3. The Morgan fingerprint density at radius 1 is 1.29 bits per heavy atom. The van der Waals surface area contributed by atoms with Gasteiger partial charge in [-0.1, -0.05) is 12.1 Å². The van der Waals surface area contributed by atoms with E-state index >= 15 is 0 Å². The zero-order valence-corrected chi connectivity index (χ0v) is 12.0. The summed E-state index contributed by atoms with van der Waals surface area (Å²) in [6.45, 7) is 0.517. The van der Waals surface area contributed by atoms with E-state index in [1.54, 1.807) is 11.4 Å². The predicted octanol–water partition coefficient (Wildman–Crippen LogP) is 1.32. The van der Waals surface area contributed by atoms with Crippen molar-refractivity contribution >= 4 is 21.4 Å². The summed E-state index contributed by atoms with van der Waals surface area (Å²) in [7, 11) is -3.06. The Balaban J connectivity index is 2.55. The van der Waals surface area contributed by atoms with Gasteiger partial charge in [-0.25, -0.2) is 8.42 Å². The summed E-state index contributed by atoms with van der Waals surface area (Å²) in [5.41, 5.74) is 0.656. The molecule has 0 bridgehead atoms. The molecule has 0 aliphatic carbocycles. The molecule has 21 heavy (non-hydrogen) atoms. The Kier molecular flexibility index (Phi) is 5.73. The SMILES string of the molecule is CS(=O)(=O)CCNCc1cccc(NC(=O)C(F)(F)F)c1. The van der Waals surface area contributed by atoms with Gasteiger partial charge < -0.3 is 10.6 Å². The number of nitrogens with one attached hydrogen (secondary N) is 2. The number of carbonyl (C=O) groups excluding carboxylic acids is 1. The minimum Gasteiger partial charge on any atom is -0.318 e. The van der Waals surface area contributed by atoms with Crippen LogP contribution in [0.2, 0.25) is 0 Å². The first kappa shape index (κ1) is 17.4. The van der Waals surface area contributed by atoms with Crippen LogP contribution < -0.4 is 10.6 Å². The average Bonchev–Trinajstić information content (AvgIpc) is 2.33. The van der Waals surface area contributed by atoms with E-state index in [1.165, 1.54) is 18.2 Å². The maximum absolute atomic E-state index is 12.1. The maximum atomic E-state index is 12.1. The molecule has 0 fully saturated rings. The number of hydrogen-bond donors (Lipinski definition) is 2. The Bertz CT molecular complexity index is 600. The number of hydrogen-bond acceptors (Lipinski definition) is 4. The van der Waals surface area contributed by atoms with Crippen LogP contribution in [0.25, 0.3) is 0 Å². The van der Waals surface area contributed by atoms with Gasteiger partial charge in [0.15, 0.2) is 0 Å². The van der Waals surface area contributed by atoms with E-state index in [0.29, 0.717) is 5.56 Å². The first-order chi connectivity index (χ1) is 9.58. The van der Waals surface area contributed by atoms with E-state index in [0.717, 1.165) is 6.26 Å². The van der Waals surface area contributed by atoms with Gasteiger partial charge in [-0.05, 0) is 17.7 Å². The normalized spacial score (nSPS) is 12.2. The lowest BCUT2D eigenvalue weighted by molar-refractivity contribution is -0.167. The molecule has 1 aromatic carbocycles. The molecule has 0 heterocycles. The molecule has 0 spiro atoms. The molecular formula is C12H15F3N2O3S. The summed E-state index contributed by atoms with van der Waals surface area (Å²) in [5.74, 6) is -2.07. The lowest BCUT2D eigenvalue weighted by Crippen LogP contribution is -2.30. The van der Waals surface area contributed by atoms with E-state index in [1.807, 2.05) is 0 Å². The highest BCUT2D eigenvalue weighted by atomic mass is 32.2. The Morgan fingerprint density at radius 2 is 1.95 bits per heavy atom. The summed E-state index contributed by atoms with van der Waals surface area (Å²) >= 11 is 0. The third kappa shape index (κ3) is 7.09. The maximum Gasteiger partial charge on any atom is 0.471 e. The van der Waals surface area contributed by atoms with Crippen LogP contribution >= 0.6 is 0 Å². The highest BCUT2D eigenvalue weighted by Crippen LogP contribution is 2.18. The van der Waals surface area contributed by atoms with Crippen LogP contribution in [0.1, 0.15) is 5.56 Å². The number of benzene rings is 1. The van der Waals surface area contributed by atoms with Gasteiger partial charge in [0.25, 0.3) is 0 Å². The van der Waals surface area contributed by atoms with Crippen LogP contribution in [0.15, 0.2) is 24.3 Å². The number of carbonyl (C=O) groups is 1. The van der Waals surface area contributed by atoms with Gasteiger partial charge in [-0.2, -0.15) is 13.2 Å². The molecule has 5 nitrogen and oxygen atoms in total. The predicted molar refractivity (Wildman–Crippen MR) is 72.5 cm³/mol. The Labute approximate surface area is 120 Å². The van der Waals surface area contributed by atoms with Crippen LogP contribution in [-0.2, 0) is 21.2 Å². The molecule has 0 aliphatic heterocycles. The van der Waals surface area contributed by atoms with Gasteiger partial charge in [0.2, 0.25) is 0 Å². The number of sulfone groups is 1. The smallest absolute Gasteiger partial charge is 0.318 e. The molecule has 0 atom stereocenters. The summed E-state index contributed by atoms with van der Waals surface area (Å²) in [5, 5.41) is 4.60. The molecular weight excluding hydrogens is 309 g/mol. The van der Waals surface area contributed by atoms with Crippen molar-refractivity contribution in [3.8, 4) is 0 Å². The van der Waals surface area contributed by atoms with Crippen molar-refractivity contribution in [1.82, 2.24) is 5.32 Å². The molecule has 1 aromatic rings. The fourth-order valence-electron chi connectivity index (χ4n) is 1.45. The second-order valence-corrected chi connectivity index (χ2v) is 6.72. The second kappa shape index (κ2) is 6.90. The van der Waals surface area contributed by atoms with Crippen LogP contribution in [0, 0.1) is 0 Å². The van der Waals surface area contributed by atoms with Crippen molar-refractivity contribution in [2.24, 2.45) is 0 Å². The van der Waals surface area contributed by atoms with Crippen LogP contribution in [-0.4, -0.2) is 39.1 Å². The van der Waals surface area contributed by atoms with Gasteiger partial charge in [0.1, 0.15) is 9.84 Å². The lowest BCUT2D eigenvalue weighted by atomic mass is 10.2. The fraction of sp³-hybridized carbons (Fsp3) is 0.417.